The number of para-hydroxylation sites is 2. The first-order valence-electron chi connectivity index (χ1n) is 32.1. The predicted octanol–water partition coefficient (Wildman–Crippen LogP) is 25.9. The molecule has 0 saturated heterocycles. The predicted molar refractivity (Wildman–Crippen MR) is 392 cm³/mol. The van der Waals surface area contributed by atoms with Crippen LogP contribution in [0.25, 0.3) is 132 Å². The van der Waals surface area contributed by atoms with E-state index in [4.69, 9.17) is 8.83 Å². The average Bonchev–Trinajstić information content (AvgIpc) is 1.59. The van der Waals surface area contributed by atoms with Crippen LogP contribution < -0.4 is 9.80 Å². The third-order valence-electron chi connectivity index (χ3n) is 18.5. The molecule has 0 N–H and O–H groups in total. The lowest BCUT2D eigenvalue weighted by molar-refractivity contribution is 0.638. The third-order valence-corrected chi connectivity index (χ3v) is 18.5. The fraction of sp³-hybridized carbons (Fsp3) is 0.0337. The summed E-state index contributed by atoms with van der Waals surface area (Å²) >= 11 is 0. The van der Waals surface area contributed by atoms with Crippen LogP contribution in [0.5, 0.6) is 0 Å². The molecule has 0 aliphatic carbocycles. The molecule has 0 saturated carbocycles. The maximum Gasteiger partial charge on any atom is 0.142 e. The lowest BCUT2D eigenvalue weighted by atomic mass is 9.94. The molecule has 0 amide bonds. The summed E-state index contributed by atoms with van der Waals surface area (Å²) in [6.07, 6.45) is 0. The fourth-order valence-electron chi connectivity index (χ4n) is 14.1. The smallest absolute Gasteiger partial charge is 0.142 e. The van der Waals surface area contributed by atoms with Crippen molar-refractivity contribution in [3.05, 3.63) is 339 Å². The van der Waals surface area contributed by atoms with Crippen molar-refractivity contribution >= 4 is 99.5 Å². The van der Waals surface area contributed by atoms with E-state index in [9.17, 15) is 0 Å². The molecule has 440 valence electrons. The van der Waals surface area contributed by atoms with E-state index in [0.717, 1.165) is 161 Å². The lowest BCUT2D eigenvalue weighted by Crippen LogP contribution is -2.12. The van der Waals surface area contributed by atoms with Crippen LogP contribution in [-0.4, -0.2) is 0 Å². The highest BCUT2D eigenvalue weighted by Gasteiger charge is 2.27. The Morgan fingerprint density at radius 2 is 0.570 bits per heavy atom. The Hall–Kier alpha value is -12.0. The van der Waals surface area contributed by atoms with E-state index in [0.29, 0.717) is 0 Å². The van der Waals surface area contributed by atoms with Gasteiger partial charge < -0.3 is 18.6 Å². The molecule has 0 aliphatic heterocycles. The lowest BCUT2D eigenvalue weighted by Gasteiger charge is -2.30. The number of rotatable bonds is 13. The van der Waals surface area contributed by atoms with Gasteiger partial charge in [0.1, 0.15) is 22.3 Å². The van der Waals surface area contributed by atoms with Gasteiger partial charge in [-0.2, -0.15) is 0 Å². The first kappa shape index (κ1) is 55.1. The second kappa shape index (κ2) is 23.1. The number of benzene rings is 15. The number of hydrogen-bond donors (Lipinski definition) is 0. The Morgan fingerprint density at radius 3 is 0.946 bits per heavy atom. The van der Waals surface area contributed by atoms with Gasteiger partial charge in [0.2, 0.25) is 0 Å². The highest BCUT2D eigenvalue weighted by molar-refractivity contribution is 6.20. The quantitative estimate of drug-likeness (QED) is 0.115. The van der Waals surface area contributed by atoms with Crippen LogP contribution in [0.15, 0.2) is 342 Å². The van der Waals surface area contributed by atoms with E-state index in [1.54, 1.807) is 0 Å². The van der Waals surface area contributed by atoms with Crippen molar-refractivity contribution in [1.29, 1.82) is 0 Å². The molecule has 0 spiro atoms. The molecule has 0 fully saturated rings. The highest BCUT2D eigenvalue weighted by atomic mass is 16.3. The molecule has 2 heterocycles. The topological polar surface area (TPSA) is 32.8 Å². The van der Waals surface area contributed by atoms with Crippen molar-refractivity contribution in [2.75, 3.05) is 9.80 Å². The van der Waals surface area contributed by atoms with E-state index in [2.05, 4.69) is 357 Å². The summed E-state index contributed by atoms with van der Waals surface area (Å²) in [5.41, 5.74) is 24.6. The van der Waals surface area contributed by atoms with E-state index in [1.807, 2.05) is 0 Å². The van der Waals surface area contributed by atoms with E-state index < -0.39 is 0 Å². The summed E-state index contributed by atoms with van der Waals surface area (Å²) in [5, 5.41) is 8.72. The number of anilines is 6. The Balaban J connectivity index is 0.810. The van der Waals surface area contributed by atoms with E-state index in [-0.39, 0.29) is 5.92 Å². The molecule has 17 rings (SSSR count). The van der Waals surface area contributed by atoms with Gasteiger partial charge in [-0.05, 0) is 163 Å². The number of fused-ring (bicyclic) bond motifs is 8. The van der Waals surface area contributed by atoms with Crippen molar-refractivity contribution in [1.82, 2.24) is 0 Å². The molecule has 0 aliphatic rings. The number of furan rings is 2. The summed E-state index contributed by atoms with van der Waals surface area (Å²) < 4.78 is 14.4. The maximum atomic E-state index is 7.18. The Labute approximate surface area is 540 Å². The zero-order valence-corrected chi connectivity index (χ0v) is 51.5. The van der Waals surface area contributed by atoms with Gasteiger partial charge >= 0.3 is 0 Å². The van der Waals surface area contributed by atoms with Crippen LogP contribution in [0.4, 0.5) is 34.1 Å². The fourth-order valence-corrected chi connectivity index (χ4v) is 14.1. The minimum absolute atomic E-state index is 0.0926. The van der Waals surface area contributed by atoms with Crippen LogP contribution in [0.1, 0.15) is 25.3 Å². The second-order valence-corrected chi connectivity index (χ2v) is 24.5. The number of hydrogen-bond acceptors (Lipinski definition) is 4. The second-order valence-electron chi connectivity index (χ2n) is 24.5. The minimum Gasteiger partial charge on any atom is -0.456 e. The maximum absolute atomic E-state index is 7.18. The molecule has 4 heteroatoms. The van der Waals surface area contributed by atoms with E-state index in [1.165, 1.54) is 11.1 Å². The van der Waals surface area contributed by atoms with Crippen LogP contribution >= 0.6 is 0 Å². The van der Waals surface area contributed by atoms with Crippen molar-refractivity contribution in [2.45, 2.75) is 19.8 Å². The largest absolute Gasteiger partial charge is 0.456 e. The average molecular weight is 1190 g/mol. The Bertz CT molecular complexity index is 5300. The van der Waals surface area contributed by atoms with Crippen molar-refractivity contribution in [3.63, 3.8) is 0 Å². The molecule has 0 bridgehead atoms. The first-order valence-corrected chi connectivity index (χ1v) is 32.1. The van der Waals surface area contributed by atoms with Gasteiger partial charge in [-0.15, -0.1) is 0 Å². The molecular formula is C89H62N2O2. The summed E-state index contributed by atoms with van der Waals surface area (Å²) in [6.45, 7) is 4.49. The van der Waals surface area contributed by atoms with Crippen molar-refractivity contribution < 1.29 is 8.83 Å². The molecule has 93 heavy (non-hydrogen) atoms. The van der Waals surface area contributed by atoms with E-state index >= 15 is 0 Å². The molecule has 17 aromatic rings. The van der Waals surface area contributed by atoms with Crippen LogP contribution in [0.2, 0.25) is 0 Å². The minimum atomic E-state index is 0.0926. The summed E-state index contributed by atoms with van der Waals surface area (Å²) in [7, 11) is 0. The highest BCUT2D eigenvalue weighted by Crippen LogP contribution is 2.51. The van der Waals surface area contributed by atoms with Gasteiger partial charge in [0, 0.05) is 60.7 Å². The van der Waals surface area contributed by atoms with Gasteiger partial charge in [-0.3, -0.25) is 0 Å². The zero-order valence-electron chi connectivity index (χ0n) is 51.5. The molecule has 0 atom stereocenters. The Kier molecular flexibility index (Phi) is 13.7. The van der Waals surface area contributed by atoms with Gasteiger partial charge in [0.25, 0.3) is 0 Å². The van der Waals surface area contributed by atoms with Crippen molar-refractivity contribution in [3.8, 4) is 66.8 Å². The van der Waals surface area contributed by atoms with Crippen LogP contribution in [0.3, 0.4) is 0 Å². The molecule has 0 unspecified atom stereocenters. The normalized spacial score (nSPS) is 11.6. The molecule has 2 aromatic heterocycles. The third kappa shape index (κ3) is 9.88. The molecular weight excluding hydrogens is 1130 g/mol. The van der Waals surface area contributed by atoms with Crippen LogP contribution in [-0.2, 0) is 0 Å². The first-order chi connectivity index (χ1) is 45.9. The van der Waals surface area contributed by atoms with Gasteiger partial charge in [-0.1, -0.05) is 257 Å². The van der Waals surface area contributed by atoms with Crippen molar-refractivity contribution in [2.24, 2.45) is 0 Å². The summed E-state index contributed by atoms with van der Waals surface area (Å²) in [4.78, 5) is 4.88. The molecule has 0 radical (unpaired) electrons. The summed E-state index contributed by atoms with van der Waals surface area (Å²) in [6, 6.07) is 121. The summed E-state index contributed by atoms with van der Waals surface area (Å²) in [5.74, 6) is 0.0926. The van der Waals surface area contributed by atoms with Gasteiger partial charge in [-0.25, -0.2) is 0 Å². The SMILES string of the molecule is CC(C)c1c2oc3cc4cc(N(c5ccccc5-c5ccccc5)c5ccc(-c6ccccc6)cc5-c5ccccc5)ccc4cc3c2cc2c1oc1cc3cc(N(c4ccccc4-c4ccccc4)c4ccc(-c5ccccc5)cc4-c4ccccc4)ccc3cc12. The number of nitrogens with zero attached hydrogens (tertiary/aromatic N) is 2. The molecule has 15 aromatic carbocycles. The monoisotopic (exact) mass is 1190 g/mol. The van der Waals surface area contributed by atoms with Gasteiger partial charge in [0.05, 0.1) is 22.7 Å². The van der Waals surface area contributed by atoms with Gasteiger partial charge in [0.15, 0.2) is 0 Å². The Morgan fingerprint density at radius 1 is 0.237 bits per heavy atom. The standard InChI is InChI=1S/C89H62N2O2/c1-58(2)87-88-79(77-53-67-41-45-71(49-69(67)55-85(77)92-88)90(81-39-23-21-37-73(81)61-29-13-5-14-30-61)83-47-43-65(59-25-9-3-10-26-59)51-75(83)63-33-17-7-18-34-63)57-80-78-54-68-42-46-72(50-70(68)56-86(78)93-89(80)87)91(82-40-24-22-38-74(82)62-31-15-6-16-32-62)84-48-44-66(60-27-11-4-12-28-60)52-76(84)64-35-19-8-20-36-64/h3-58H,1-2H3. The van der Waals surface area contributed by atoms with Crippen LogP contribution in [0, 0.1) is 0 Å². The zero-order chi connectivity index (χ0) is 61.9. The molecule has 4 nitrogen and oxygen atoms in total.